The number of hydrogen-bond donors (Lipinski definition) is 2. The van der Waals surface area contributed by atoms with Gasteiger partial charge in [0.05, 0.1) is 11.4 Å². The maximum absolute atomic E-state index is 11.7. The Bertz CT molecular complexity index is 632. The molecule has 0 aliphatic carbocycles. The molecular formula is C11H11N3O3S. The molecular weight excluding hydrogens is 254 g/mol. The summed E-state index contributed by atoms with van der Waals surface area (Å²) in [4.78, 5) is 22.3. The van der Waals surface area contributed by atoms with Crippen LogP contribution in [0.25, 0.3) is 5.69 Å². The molecule has 6 nitrogen and oxygen atoms in total. The number of aromatic nitrogens is 3. The van der Waals surface area contributed by atoms with Crippen molar-refractivity contribution < 1.29 is 9.90 Å². The lowest BCUT2D eigenvalue weighted by atomic mass is 10.2. The number of thioether (sulfide) groups is 1. The Morgan fingerprint density at radius 3 is 2.89 bits per heavy atom. The number of aromatic amines is 1. The van der Waals surface area contributed by atoms with Crippen LogP contribution >= 0.6 is 11.8 Å². The highest BCUT2D eigenvalue weighted by Crippen LogP contribution is 2.19. The number of carbonyl (C=O) groups is 1. The maximum Gasteiger partial charge on any atom is 0.348 e. The van der Waals surface area contributed by atoms with Crippen LogP contribution in [0, 0.1) is 6.92 Å². The molecule has 2 rings (SSSR count). The van der Waals surface area contributed by atoms with Gasteiger partial charge in [-0.15, -0.1) is 5.10 Å². The molecule has 2 N–H and O–H groups in total. The van der Waals surface area contributed by atoms with Crippen molar-refractivity contribution in [3.05, 3.63) is 40.3 Å². The van der Waals surface area contributed by atoms with Crippen LogP contribution in [-0.4, -0.2) is 31.6 Å². The normalized spacial score (nSPS) is 10.5. The van der Waals surface area contributed by atoms with Gasteiger partial charge in [-0.05, 0) is 18.6 Å². The molecule has 1 heterocycles. The molecule has 0 unspecified atom stereocenters. The SMILES string of the molecule is Cc1ccccc1-n1c(SCC(=O)O)n[nH]c1=O. The van der Waals surface area contributed by atoms with Gasteiger partial charge in [0.1, 0.15) is 0 Å². The summed E-state index contributed by atoms with van der Waals surface area (Å²) in [6.45, 7) is 1.88. The lowest BCUT2D eigenvalue weighted by Crippen LogP contribution is -2.16. The fourth-order valence-electron chi connectivity index (χ4n) is 1.53. The number of benzene rings is 1. The molecule has 0 saturated heterocycles. The van der Waals surface area contributed by atoms with E-state index in [0.717, 1.165) is 17.3 Å². The zero-order valence-corrected chi connectivity index (χ0v) is 10.4. The number of hydrogen-bond acceptors (Lipinski definition) is 4. The van der Waals surface area contributed by atoms with Crippen molar-refractivity contribution in [1.29, 1.82) is 0 Å². The topological polar surface area (TPSA) is 88.0 Å². The van der Waals surface area contributed by atoms with Gasteiger partial charge in [-0.3, -0.25) is 4.79 Å². The second kappa shape index (κ2) is 5.09. The number of para-hydroxylation sites is 1. The molecule has 0 atom stereocenters. The second-order valence-electron chi connectivity index (χ2n) is 3.62. The zero-order chi connectivity index (χ0) is 13.1. The van der Waals surface area contributed by atoms with Gasteiger partial charge >= 0.3 is 11.7 Å². The van der Waals surface area contributed by atoms with E-state index < -0.39 is 5.97 Å². The maximum atomic E-state index is 11.7. The Kier molecular flexibility index (Phi) is 3.52. The van der Waals surface area contributed by atoms with Gasteiger partial charge in [0, 0.05) is 0 Å². The molecule has 0 bridgehead atoms. The van der Waals surface area contributed by atoms with Crippen molar-refractivity contribution >= 4 is 17.7 Å². The first kappa shape index (κ1) is 12.4. The molecule has 0 saturated carbocycles. The minimum Gasteiger partial charge on any atom is -0.481 e. The summed E-state index contributed by atoms with van der Waals surface area (Å²) < 4.78 is 1.38. The van der Waals surface area contributed by atoms with Crippen molar-refractivity contribution in [3.63, 3.8) is 0 Å². The number of nitrogens with one attached hydrogen (secondary N) is 1. The second-order valence-corrected chi connectivity index (χ2v) is 4.56. The Labute approximate surface area is 107 Å². The monoisotopic (exact) mass is 265 g/mol. The summed E-state index contributed by atoms with van der Waals surface area (Å²) in [7, 11) is 0. The van der Waals surface area contributed by atoms with Crippen LogP contribution < -0.4 is 5.69 Å². The highest BCUT2D eigenvalue weighted by atomic mass is 32.2. The van der Waals surface area contributed by atoms with E-state index in [1.807, 2.05) is 25.1 Å². The fourth-order valence-corrected chi connectivity index (χ4v) is 2.21. The molecule has 1 aromatic carbocycles. The predicted molar refractivity (Wildman–Crippen MR) is 67.3 cm³/mol. The molecule has 0 spiro atoms. The van der Waals surface area contributed by atoms with Gasteiger partial charge in [0.15, 0.2) is 5.16 Å². The highest BCUT2D eigenvalue weighted by Gasteiger charge is 2.13. The lowest BCUT2D eigenvalue weighted by molar-refractivity contribution is -0.133. The van der Waals surface area contributed by atoms with Crippen LogP contribution in [0.3, 0.4) is 0 Å². The summed E-state index contributed by atoms with van der Waals surface area (Å²) in [6, 6.07) is 7.35. The van der Waals surface area contributed by atoms with Crippen LogP contribution in [0.2, 0.25) is 0 Å². The Balaban J connectivity index is 2.44. The van der Waals surface area contributed by atoms with Gasteiger partial charge in [0.25, 0.3) is 0 Å². The van der Waals surface area contributed by atoms with Crippen molar-refractivity contribution in [3.8, 4) is 5.69 Å². The number of carboxylic acid groups (broad SMARTS) is 1. The van der Waals surface area contributed by atoms with Gasteiger partial charge in [0.2, 0.25) is 0 Å². The van der Waals surface area contributed by atoms with E-state index in [2.05, 4.69) is 10.2 Å². The first-order valence-corrected chi connectivity index (χ1v) is 6.16. The quantitative estimate of drug-likeness (QED) is 0.807. The zero-order valence-electron chi connectivity index (χ0n) is 9.58. The average Bonchev–Trinajstić information content (AvgIpc) is 2.69. The van der Waals surface area contributed by atoms with E-state index in [0.29, 0.717) is 10.8 Å². The molecule has 2 aromatic rings. The minimum absolute atomic E-state index is 0.143. The summed E-state index contributed by atoms with van der Waals surface area (Å²) in [6.07, 6.45) is 0. The Hall–Kier alpha value is -2.02. The standard InChI is InChI=1S/C11H11N3O3S/c1-7-4-2-3-5-8(7)14-10(17)12-13-11(14)18-6-9(15)16/h2-5H,6H2,1H3,(H,12,17)(H,15,16). The third-order valence-electron chi connectivity index (χ3n) is 2.32. The van der Waals surface area contributed by atoms with E-state index >= 15 is 0 Å². The van der Waals surface area contributed by atoms with Crippen LogP contribution in [0.15, 0.2) is 34.2 Å². The number of rotatable bonds is 4. The third kappa shape index (κ3) is 2.45. The minimum atomic E-state index is -0.952. The van der Waals surface area contributed by atoms with E-state index in [-0.39, 0.29) is 11.4 Å². The molecule has 94 valence electrons. The lowest BCUT2D eigenvalue weighted by Gasteiger charge is -2.07. The Morgan fingerprint density at radius 2 is 2.22 bits per heavy atom. The molecule has 1 aromatic heterocycles. The molecule has 0 fully saturated rings. The molecule has 0 aliphatic rings. The number of H-pyrrole nitrogens is 1. The van der Waals surface area contributed by atoms with Crippen molar-refractivity contribution in [2.75, 3.05) is 5.75 Å². The fraction of sp³-hybridized carbons (Fsp3) is 0.182. The number of carboxylic acids is 1. The molecule has 18 heavy (non-hydrogen) atoms. The number of nitrogens with zero attached hydrogens (tertiary/aromatic N) is 2. The molecule has 7 heteroatoms. The highest BCUT2D eigenvalue weighted by molar-refractivity contribution is 7.99. The van der Waals surface area contributed by atoms with Crippen LogP contribution in [0.1, 0.15) is 5.56 Å². The van der Waals surface area contributed by atoms with Gasteiger partial charge in [-0.1, -0.05) is 30.0 Å². The van der Waals surface area contributed by atoms with E-state index in [9.17, 15) is 9.59 Å². The largest absolute Gasteiger partial charge is 0.481 e. The summed E-state index contributed by atoms with van der Waals surface area (Å²) in [5, 5.41) is 15.2. The number of aryl methyl sites for hydroxylation is 1. The summed E-state index contributed by atoms with van der Waals surface area (Å²) in [5.41, 5.74) is 1.24. The van der Waals surface area contributed by atoms with Crippen molar-refractivity contribution in [1.82, 2.24) is 14.8 Å². The molecule has 0 radical (unpaired) electrons. The van der Waals surface area contributed by atoms with E-state index in [4.69, 9.17) is 5.11 Å². The van der Waals surface area contributed by atoms with Gasteiger partial charge in [-0.2, -0.15) is 0 Å². The third-order valence-corrected chi connectivity index (χ3v) is 3.25. The first-order chi connectivity index (χ1) is 8.59. The van der Waals surface area contributed by atoms with Crippen LogP contribution in [-0.2, 0) is 4.79 Å². The van der Waals surface area contributed by atoms with E-state index in [1.54, 1.807) is 6.07 Å². The Morgan fingerprint density at radius 1 is 1.50 bits per heavy atom. The molecule has 0 amide bonds. The molecule has 0 aliphatic heterocycles. The predicted octanol–water partition coefficient (Wildman–Crippen LogP) is 1.05. The number of aliphatic carboxylic acids is 1. The average molecular weight is 265 g/mol. The summed E-state index contributed by atoms with van der Waals surface area (Å²) in [5.74, 6) is -1.09. The van der Waals surface area contributed by atoms with Crippen molar-refractivity contribution in [2.24, 2.45) is 0 Å². The first-order valence-electron chi connectivity index (χ1n) is 5.17. The van der Waals surface area contributed by atoms with Gasteiger partial charge in [-0.25, -0.2) is 14.5 Å². The van der Waals surface area contributed by atoms with Crippen LogP contribution in [0.4, 0.5) is 0 Å². The van der Waals surface area contributed by atoms with Crippen molar-refractivity contribution in [2.45, 2.75) is 12.1 Å². The van der Waals surface area contributed by atoms with Crippen LogP contribution in [0.5, 0.6) is 0 Å². The smallest absolute Gasteiger partial charge is 0.348 e. The summed E-state index contributed by atoms with van der Waals surface area (Å²) >= 11 is 1.00. The van der Waals surface area contributed by atoms with Gasteiger partial charge < -0.3 is 5.11 Å². The van der Waals surface area contributed by atoms with E-state index in [1.165, 1.54) is 4.57 Å².